The predicted octanol–water partition coefficient (Wildman–Crippen LogP) is 3.07. The Balaban J connectivity index is 3.45. The first-order valence-electron chi connectivity index (χ1n) is 4.92. The molecule has 0 aliphatic carbocycles. The van der Waals surface area contributed by atoms with Gasteiger partial charge in [0.2, 0.25) is 0 Å². The minimum atomic E-state index is -0.662. The number of hydrogen-bond acceptors (Lipinski definition) is 1. The molecule has 0 fully saturated rings. The fourth-order valence-electron chi connectivity index (χ4n) is 1.37. The van der Waals surface area contributed by atoms with Crippen molar-refractivity contribution in [1.82, 2.24) is 0 Å². The third-order valence-corrected chi connectivity index (χ3v) is 2.31. The average Bonchev–Trinajstić information content (AvgIpc) is 2.05. The van der Waals surface area contributed by atoms with Crippen LogP contribution in [-0.2, 0) is 4.79 Å². The van der Waals surface area contributed by atoms with Crippen LogP contribution in [0, 0.1) is 5.92 Å². The van der Waals surface area contributed by atoms with E-state index >= 15 is 0 Å². The Hall–Kier alpha value is -0.530. The molecular formula is C10H20O2. The first-order chi connectivity index (χ1) is 5.70. The van der Waals surface area contributed by atoms with E-state index in [9.17, 15) is 4.79 Å². The molecule has 0 heterocycles. The maximum absolute atomic E-state index is 10.3. The maximum Gasteiger partial charge on any atom is 0.303 e. The molecule has 0 saturated carbocycles. The van der Waals surface area contributed by atoms with Gasteiger partial charge in [0, 0.05) is 6.42 Å². The van der Waals surface area contributed by atoms with Crippen LogP contribution in [0.4, 0.5) is 0 Å². The van der Waals surface area contributed by atoms with E-state index < -0.39 is 5.97 Å². The van der Waals surface area contributed by atoms with Crippen molar-refractivity contribution < 1.29 is 9.90 Å². The van der Waals surface area contributed by atoms with E-state index in [1.807, 2.05) is 0 Å². The van der Waals surface area contributed by atoms with Gasteiger partial charge in [0.1, 0.15) is 0 Å². The molecule has 0 aliphatic heterocycles. The van der Waals surface area contributed by atoms with Crippen molar-refractivity contribution in [1.29, 1.82) is 0 Å². The van der Waals surface area contributed by atoms with Gasteiger partial charge >= 0.3 is 5.97 Å². The van der Waals surface area contributed by atoms with E-state index in [2.05, 4.69) is 13.8 Å². The third-order valence-electron chi connectivity index (χ3n) is 2.31. The number of aliphatic carboxylic acids is 1. The highest BCUT2D eigenvalue weighted by atomic mass is 16.5. The molecular weight excluding hydrogens is 154 g/mol. The van der Waals surface area contributed by atoms with E-state index in [-0.39, 0.29) is 0 Å². The lowest BCUT2D eigenvalue weighted by Crippen LogP contribution is -2.03. The van der Waals surface area contributed by atoms with Gasteiger partial charge in [0.15, 0.2) is 0 Å². The number of unbranched alkanes of at least 4 members (excludes halogenated alkanes) is 1. The third kappa shape index (κ3) is 6.20. The number of rotatable bonds is 7. The Morgan fingerprint density at radius 3 is 2.42 bits per heavy atom. The molecule has 1 N–H and O–H groups in total. The van der Waals surface area contributed by atoms with Crippen LogP contribution < -0.4 is 0 Å². The Bertz CT molecular complexity index is 121. The summed E-state index contributed by atoms with van der Waals surface area (Å²) >= 11 is 0. The molecule has 2 heteroatoms. The lowest BCUT2D eigenvalue weighted by molar-refractivity contribution is -0.137. The Labute approximate surface area is 75.0 Å². The van der Waals surface area contributed by atoms with E-state index in [1.165, 1.54) is 19.3 Å². The molecule has 0 aromatic rings. The van der Waals surface area contributed by atoms with Gasteiger partial charge in [-0.2, -0.15) is 0 Å². The summed E-state index contributed by atoms with van der Waals surface area (Å²) in [5.74, 6) is -0.0361. The van der Waals surface area contributed by atoms with Gasteiger partial charge in [-0.05, 0) is 12.3 Å². The quantitative estimate of drug-likeness (QED) is 0.602. The molecule has 0 rings (SSSR count). The molecule has 0 aromatic carbocycles. The molecule has 0 spiro atoms. The van der Waals surface area contributed by atoms with Gasteiger partial charge in [-0.25, -0.2) is 0 Å². The minimum absolute atomic E-state index is 0.336. The first-order valence-corrected chi connectivity index (χ1v) is 4.92. The molecule has 0 bridgehead atoms. The smallest absolute Gasteiger partial charge is 0.303 e. The summed E-state index contributed by atoms with van der Waals surface area (Å²) in [6.45, 7) is 4.31. The van der Waals surface area contributed by atoms with E-state index in [1.54, 1.807) is 0 Å². The maximum atomic E-state index is 10.3. The first kappa shape index (κ1) is 11.5. The molecule has 72 valence electrons. The second-order valence-corrected chi connectivity index (χ2v) is 3.35. The molecule has 0 saturated heterocycles. The van der Waals surface area contributed by atoms with Crippen molar-refractivity contribution in [3.05, 3.63) is 0 Å². The largest absolute Gasteiger partial charge is 0.481 e. The zero-order chi connectivity index (χ0) is 9.40. The molecule has 1 atom stereocenters. The fraction of sp³-hybridized carbons (Fsp3) is 0.900. The van der Waals surface area contributed by atoms with Crippen LogP contribution in [0.15, 0.2) is 0 Å². The summed E-state index contributed by atoms with van der Waals surface area (Å²) in [7, 11) is 0. The molecule has 2 nitrogen and oxygen atoms in total. The van der Waals surface area contributed by atoms with Crippen molar-refractivity contribution in [2.75, 3.05) is 0 Å². The van der Waals surface area contributed by atoms with Crippen LogP contribution in [-0.4, -0.2) is 11.1 Å². The van der Waals surface area contributed by atoms with Gasteiger partial charge in [0.25, 0.3) is 0 Å². The summed E-state index contributed by atoms with van der Waals surface area (Å²) in [6, 6.07) is 0. The Kier molecular flexibility index (Phi) is 6.82. The Morgan fingerprint density at radius 1 is 1.33 bits per heavy atom. The van der Waals surface area contributed by atoms with Crippen LogP contribution >= 0.6 is 0 Å². The molecule has 1 unspecified atom stereocenters. The van der Waals surface area contributed by atoms with Crippen LogP contribution in [0.25, 0.3) is 0 Å². The number of carboxylic acids is 1. The van der Waals surface area contributed by atoms with E-state index in [4.69, 9.17) is 5.11 Å². The normalized spacial score (nSPS) is 12.8. The van der Waals surface area contributed by atoms with Crippen LogP contribution in [0.3, 0.4) is 0 Å². The lowest BCUT2D eigenvalue weighted by Gasteiger charge is -2.11. The van der Waals surface area contributed by atoms with Crippen molar-refractivity contribution in [2.24, 2.45) is 5.92 Å². The van der Waals surface area contributed by atoms with Crippen molar-refractivity contribution in [3.8, 4) is 0 Å². The van der Waals surface area contributed by atoms with Crippen molar-refractivity contribution in [2.45, 2.75) is 52.4 Å². The fourth-order valence-corrected chi connectivity index (χ4v) is 1.37. The molecule has 12 heavy (non-hydrogen) atoms. The predicted molar refractivity (Wildman–Crippen MR) is 50.2 cm³/mol. The average molecular weight is 174 g/mol. The van der Waals surface area contributed by atoms with Gasteiger partial charge in [-0.3, -0.25) is 4.79 Å². The Morgan fingerprint density at radius 2 is 2.00 bits per heavy atom. The van der Waals surface area contributed by atoms with E-state index in [0.717, 1.165) is 12.8 Å². The van der Waals surface area contributed by atoms with Crippen LogP contribution in [0.2, 0.25) is 0 Å². The topological polar surface area (TPSA) is 37.3 Å². The summed E-state index contributed by atoms with van der Waals surface area (Å²) < 4.78 is 0. The second-order valence-electron chi connectivity index (χ2n) is 3.35. The van der Waals surface area contributed by atoms with Gasteiger partial charge in [-0.15, -0.1) is 0 Å². The molecule has 0 aromatic heterocycles. The van der Waals surface area contributed by atoms with Gasteiger partial charge < -0.3 is 5.11 Å². The number of carboxylic acid groups (broad SMARTS) is 1. The summed E-state index contributed by atoms with van der Waals surface area (Å²) in [5, 5.41) is 8.48. The van der Waals surface area contributed by atoms with E-state index in [0.29, 0.717) is 12.3 Å². The second kappa shape index (κ2) is 7.14. The molecule has 0 amide bonds. The standard InChI is InChI=1S/C10H20O2/c1-3-5-6-9(4-2)7-8-10(11)12/h9H,3-8H2,1-2H3,(H,11,12)/i8+1,10+1. The van der Waals surface area contributed by atoms with Gasteiger partial charge in [0.05, 0.1) is 0 Å². The van der Waals surface area contributed by atoms with Crippen molar-refractivity contribution in [3.63, 3.8) is 0 Å². The number of carbonyl (C=O) groups is 1. The van der Waals surface area contributed by atoms with Crippen molar-refractivity contribution >= 4 is 5.97 Å². The van der Waals surface area contributed by atoms with Gasteiger partial charge in [-0.1, -0.05) is 39.5 Å². The number of hydrogen-bond donors (Lipinski definition) is 1. The molecule has 0 aliphatic rings. The minimum Gasteiger partial charge on any atom is -0.481 e. The summed E-state index contributed by atoms with van der Waals surface area (Å²) in [6.07, 6.45) is 5.95. The summed E-state index contributed by atoms with van der Waals surface area (Å²) in [5.41, 5.74) is 0. The zero-order valence-electron chi connectivity index (χ0n) is 8.18. The molecule has 0 radical (unpaired) electrons. The van der Waals surface area contributed by atoms with Crippen LogP contribution in [0.5, 0.6) is 0 Å². The highest BCUT2D eigenvalue weighted by molar-refractivity contribution is 5.66. The monoisotopic (exact) mass is 174 g/mol. The zero-order valence-corrected chi connectivity index (χ0v) is 8.18. The highest BCUT2D eigenvalue weighted by Gasteiger charge is 2.07. The lowest BCUT2D eigenvalue weighted by atomic mass is 9.98. The SMILES string of the molecule is CCCCC(CC)C[13CH2][13C](=O)O. The summed E-state index contributed by atoms with van der Waals surface area (Å²) in [4.78, 5) is 10.3. The van der Waals surface area contributed by atoms with Crippen LogP contribution in [0.1, 0.15) is 52.4 Å². The highest BCUT2D eigenvalue weighted by Crippen LogP contribution is 2.17.